The summed E-state index contributed by atoms with van der Waals surface area (Å²) < 4.78 is 0. The lowest BCUT2D eigenvalue weighted by Crippen LogP contribution is -2.38. The van der Waals surface area contributed by atoms with Crippen LogP contribution >= 0.6 is 11.6 Å². The van der Waals surface area contributed by atoms with Crippen LogP contribution in [0.4, 0.5) is 0 Å². The molecule has 0 unspecified atom stereocenters. The summed E-state index contributed by atoms with van der Waals surface area (Å²) in [7, 11) is 0. The number of rotatable bonds is 5. The average Bonchev–Trinajstić information content (AvgIpc) is 2.29. The molecule has 0 radical (unpaired) electrons. The van der Waals surface area contributed by atoms with Crippen molar-refractivity contribution in [2.45, 2.75) is 20.8 Å². The minimum Gasteiger partial charge on any atom is -0.480 e. The highest BCUT2D eigenvalue weighted by atomic mass is 35.5. The Morgan fingerprint density at radius 2 is 2.00 bits per heavy atom. The van der Waals surface area contributed by atoms with E-state index in [4.69, 9.17) is 16.7 Å². The Labute approximate surface area is 118 Å². The first-order chi connectivity index (χ1) is 8.81. The van der Waals surface area contributed by atoms with E-state index in [9.17, 15) is 9.59 Å². The largest absolute Gasteiger partial charge is 0.480 e. The molecule has 0 saturated heterocycles. The van der Waals surface area contributed by atoms with Gasteiger partial charge in [0, 0.05) is 17.1 Å². The minimum atomic E-state index is -1.02. The third kappa shape index (κ3) is 4.56. The van der Waals surface area contributed by atoms with Crippen LogP contribution in [0.25, 0.3) is 0 Å². The number of hydrogen-bond acceptors (Lipinski definition) is 2. The highest BCUT2D eigenvalue weighted by molar-refractivity contribution is 6.31. The van der Waals surface area contributed by atoms with Crippen molar-refractivity contribution >= 4 is 23.5 Å². The Hall–Kier alpha value is -1.55. The molecule has 0 bridgehead atoms. The normalized spacial score (nSPS) is 10.6. The molecule has 0 aliphatic heterocycles. The number of hydrogen-bond donors (Lipinski definition) is 1. The van der Waals surface area contributed by atoms with E-state index >= 15 is 0 Å². The molecule has 0 aliphatic carbocycles. The Morgan fingerprint density at radius 3 is 2.53 bits per heavy atom. The summed E-state index contributed by atoms with van der Waals surface area (Å²) >= 11 is 5.89. The second kappa shape index (κ2) is 6.57. The SMILES string of the molecule is Cc1ccc(Cl)cc1C(=O)N(CC(=O)O)CC(C)C. The third-order valence-electron chi connectivity index (χ3n) is 2.63. The summed E-state index contributed by atoms with van der Waals surface area (Å²) in [6.45, 7) is 5.78. The number of aryl methyl sites for hydroxylation is 1. The van der Waals surface area contributed by atoms with Gasteiger partial charge in [-0.25, -0.2) is 0 Å². The van der Waals surface area contributed by atoms with Gasteiger partial charge < -0.3 is 10.0 Å². The van der Waals surface area contributed by atoms with Gasteiger partial charge >= 0.3 is 5.97 Å². The number of amides is 1. The highest BCUT2D eigenvalue weighted by Gasteiger charge is 2.21. The maximum atomic E-state index is 12.4. The molecule has 19 heavy (non-hydrogen) atoms. The standard InChI is InChI=1S/C14H18ClNO3/c1-9(2)7-16(8-13(17)18)14(19)12-6-11(15)5-4-10(12)3/h4-6,9H,7-8H2,1-3H3,(H,17,18). The number of carbonyl (C=O) groups excluding carboxylic acids is 1. The van der Waals surface area contributed by atoms with Crippen LogP contribution in [0.1, 0.15) is 29.8 Å². The summed E-state index contributed by atoms with van der Waals surface area (Å²) in [5.41, 5.74) is 1.24. The molecule has 0 spiro atoms. The molecule has 4 nitrogen and oxygen atoms in total. The maximum Gasteiger partial charge on any atom is 0.323 e. The van der Waals surface area contributed by atoms with Crippen molar-refractivity contribution in [2.24, 2.45) is 5.92 Å². The van der Waals surface area contributed by atoms with E-state index in [1.54, 1.807) is 25.1 Å². The molecular formula is C14H18ClNO3. The van der Waals surface area contributed by atoms with Gasteiger partial charge in [-0.1, -0.05) is 31.5 Å². The van der Waals surface area contributed by atoms with Crippen LogP contribution < -0.4 is 0 Å². The van der Waals surface area contributed by atoms with Crippen molar-refractivity contribution in [1.29, 1.82) is 0 Å². The number of aliphatic carboxylic acids is 1. The lowest BCUT2D eigenvalue weighted by atomic mass is 10.1. The van der Waals surface area contributed by atoms with E-state index in [0.717, 1.165) is 5.56 Å². The summed E-state index contributed by atoms with van der Waals surface area (Å²) in [5.74, 6) is -1.12. The first kappa shape index (κ1) is 15.5. The van der Waals surface area contributed by atoms with Crippen LogP contribution in [0, 0.1) is 12.8 Å². The first-order valence-electron chi connectivity index (χ1n) is 6.08. The van der Waals surface area contributed by atoms with E-state index in [2.05, 4.69) is 0 Å². The summed E-state index contributed by atoms with van der Waals surface area (Å²) in [4.78, 5) is 24.6. The van der Waals surface area contributed by atoms with E-state index in [-0.39, 0.29) is 18.4 Å². The predicted octanol–water partition coefficient (Wildman–Crippen LogP) is 2.83. The van der Waals surface area contributed by atoms with Crippen LogP contribution in [-0.2, 0) is 4.79 Å². The van der Waals surface area contributed by atoms with Gasteiger partial charge in [0.1, 0.15) is 6.54 Å². The molecule has 1 rings (SSSR count). The topological polar surface area (TPSA) is 57.6 Å². The van der Waals surface area contributed by atoms with Gasteiger partial charge in [0.05, 0.1) is 0 Å². The molecular weight excluding hydrogens is 266 g/mol. The van der Waals surface area contributed by atoms with Gasteiger partial charge in [-0.3, -0.25) is 9.59 Å². The maximum absolute atomic E-state index is 12.4. The molecule has 1 aromatic rings. The van der Waals surface area contributed by atoms with Crippen molar-refractivity contribution in [3.8, 4) is 0 Å². The quantitative estimate of drug-likeness (QED) is 0.904. The van der Waals surface area contributed by atoms with Crippen molar-refractivity contribution in [3.05, 3.63) is 34.3 Å². The highest BCUT2D eigenvalue weighted by Crippen LogP contribution is 2.18. The van der Waals surface area contributed by atoms with Crippen molar-refractivity contribution in [3.63, 3.8) is 0 Å². The number of carbonyl (C=O) groups is 2. The Morgan fingerprint density at radius 1 is 1.37 bits per heavy atom. The van der Waals surface area contributed by atoms with E-state index < -0.39 is 5.97 Å². The Kier molecular flexibility index (Phi) is 5.36. The van der Waals surface area contributed by atoms with Crippen LogP contribution in [0.15, 0.2) is 18.2 Å². The van der Waals surface area contributed by atoms with Gasteiger partial charge in [-0.05, 0) is 30.5 Å². The van der Waals surface area contributed by atoms with Crippen LogP contribution in [0.5, 0.6) is 0 Å². The van der Waals surface area contributed by atoms with Crippen molar-refractivity contribution in [2.75, 3.05) is 13.1 Å². The minimum absolute atomic E-state index is 0.197. The molecule has 1 N–H and O–H groups in total. The Balaban J connectivity index is 3.03. The average molecular weight is 284 g/mol. The smallest absolute Gasteiger partial charge is 0.323 e. The molecule has 0 atom stereocenters. The second-order valence-corrected chi connectivity index (χ2v) is 5.37. The number of benzene rings is 1. The van der Waals surface area contributed by atoms with Gasteiger partial charge in [-0.15, -0.1) is 0 Å². The molecule has 1 aromatic carbocycles. The van der Waals surface area contributed by atoms with Crippen LogP contribution in [0.2, 0.25) is 5.02 Å². The van der Waals surface area contributed by atoms with Gasteiger partial charge in [-0.2, -0.15) is 0 Å². The lowest BCUT2D eigenvalue weighted by Gasteiger charge is -2.23. The fourth-order valence-corrected chi connectivity index (χ4v) is 1.99. The first-order valence-corrected chi connectivity index (χ1v) is 6.46. The fraction of sp³-hybridized carbons (Fsp3) is 0.429. The van der Waals surface area contributed by atoms with Crippen molar-refractivity contribution < 1.29 is 14.7 Å². The van der Waals surface area contributed by atoms with Crippen molar-refractivity contribution in [1.82, 2.24) is 4.90 Å². The zero-order chi connectivity index (χ0) is 14.6. The van der Waals surface area contributed by atoms with E-state index in [1.807, 2.05) is 13.8 Å². The molecule has 0 heterocycles. The van der Waals surface area contributed by atoms with Gasteiger partial charge in [0.25, 0.3) is 5.91 Å². The molecule has 0 aliphatic rings. The van der Waals surface area contributed by atoms with Crippen LogP contribution in [0.3, 0.4) is 0 Å². The molecule has 0 aromatic heterocycles. The van der Waals surface area contributed by atoms with E-state index in [1.165, 1.54) is 4.90 Å². The zero-order valence-electron chi connectivity index (χ0n) is 11.3. The lowest BCUT2D eigenvalue weighted by molar-refractivity contribution is -0.137. The molecule has 0 fully saturated rings. The molecule has 0 saturated carbocycles. The zero-order valence-corrected chi connectivity index (χ0v) is 12.1. The second-order valence-electron chi connectivity index (χ2n) is 4.93. The summed E-state index contributed by atoms with van der Waals surface area (Å²) in [5, 5.41) is 9.36. The number of carboxylic acid groups (broad SMARTS) is 1. The Bertz CT molecular complexity index is 486. The third-order valence-corrected chi connectivity index (χ3v) is 2.86. The monoisotopic (exact) mass is 283 g/mol. The number of carboxylic acids is 1. The molecule has 104 valence electrons. The predicted molar refractivity (Wildman–Crippen MR) is 74.6 cm³/mol. The van der Waals surface area contributed by atoms with Gasteiger partial charge in [0.2, 0.25) is 0 Å². The molecule has 1 amide bonds. The number of nitrogens with zero attached hydrogens (tertiary/aromatic N) is 1. The summed E-state index contributed by atoms with van der Waals surface area (Å²) in [6.07, 6.45) is 0. The van der Waals surface area contributed by atoms with Crippen LogP contribution in [-0.4, -0.2) is 35.0 Å². The fourth-order valence-electron chi connectivity index (χ4n) is 1.82. The van der Waals surface area contributed by atoms with E-state index in [0.29, 0.717) is 17.1 Å². The van der Waals surface area contributed by atoms with Gasteiger partial charge in [0.15, 0.2) is 0 Å². The molecule has 5 heteroatoms. The summed E-state index contributed by atoms with van der Waals surface area (Å²) in [6, 6.07) is 5.04. The number of halogens is 1.